The Morgan fingerprint density at radius 1 is 1.19 bits per heavy atom. The van der Waals surface area contributed by atoms with Crippen LogP contribution in [0.5, 0.6) is 11.5 Å². The second kappa shape index (κ2) is 5.48. The summed E-state index contributed by atoms with van der Waals surface area (Å²) >= 11 is 0. The van der Waals surface area contributed by atoms with Gasteiger partial charge >= 0.3 is 6.18 Å². The minimum atomic E-state index is -4.66. The van der Waals surface area contributed by atoms with Crippen LogP contribution in [0.15, 0.2) is 12.1 Å². The summed E-state index contributed by atoms with van der Waals surface area (Å²) in [6.45, 7) is -1.09. The molecule has 0 saturated heterocycles. The number of halogens is 3. The standard InChI is InChI=1S/C10H12F3N3O4S/c11-10(12,13)5-15-21(17,18)16-7-4-9-8(3-6(7)14)19-1-2-20-9/h3-4,15-16H,1-2,5,14H2. The number of nitrogen functional groups attached to an aromatic ring is 1. The van der Waals surface area contributed by atoms with Crippen molar-refractivity contribution in [1.29, 1.82) is 0 Å². The first-order chi connectivity index (χ1) is 9.66. The molecule has 118 valence electrons. The van der Waals surface area contributed by atoms with Gasteiger partial charge in [-0.25, -0.2) is 0 Å². The van der Waals surface area contributed by atoms with Crippen LogP contribution >= 0.6 is 0 Å². The van der Waals surface area contributed by atoms with Gasteiger partial charge < -0.3 is 15.2 Å². The van der Waals surface area contributed by atoms with Crippen molar-refractivity contribution in [1.82, 2.24) is 4.72 Å². The Morgan fingerprint density at radius 3 is 2.33 bits per heavy atom. The number of ether oxygens (including phenoxy) is 2. The summed E-state index contributed by atoms with van der Waals surface area (Å²) in [6.07, 6.45) is -4.66. The van der Waals surface area contributed by atoms with E-state index in [1.54, 1.807) is 0 Å². The van der Waals surface area contributed by atoms with Crippen LogP contribution in [0.3, 0.4) is 0 Å². The van der Waals surface area contributed by atoms with Gasteiger partial charge in [-0.2, -0.15) is 26.3 Å². The van der Waals surface area contributed by atoms with Gasteiger partial charge in [0.05, 0.1) is 11.4 Å². The van der Waals surface area contributed by atoms with Crippen LogP contribution in [0.25, 0.3) is 0 Å². The Balaban J connectivity index is 2.15. The molecule has 0 bridgehead atoms. The highest BCUT2D eigenvalue weighted by atomic mass is 32.2. The molecule has 0 aromatic heterocycles. The summed E-state index contributed by atoms with van der Waals surface area (Å²) in [5, 5.41) is 0. The van der Waals surface area contributed by atoms with E-state index < -0.39 is 22.9 Å². The molecule has 4 N–H and O–H groups in total. The summed E-state index contributed by atoms with van der Waals surface area (Å²) in [4.78, 5) is 0. The molecule has 0 spiro atoms. The van der Waals surface area contributed by atoms with E-state index in [4.69, 9.17) is 15.2 Å². The lowest BCUT2D eigenvalue weighted by Crippen LogP contribution is -2.37. The third-order valence-electron chi connectivity index (χ3n) is 2.42. The van der Waals surface area contributed by atoms with Crippen molar-refractivity contribution in [3.05, 3.63) is 12.1 Å². The number of alkyl halides is 3. The largest absolute Gasteiger partial charge is 0.486 e. The molecule has 0 unspecified atom stereocenters. The van der Waals surface area contributed by atoms with Crippen molar-refractivity contribution in [2.75, 3.05) is 30.2 Å². The highest BCUT2D eigenvalue weighted by molar-refractivity contribution is 7.90. The number of hydrogen-bond acceptors (Lipinski definition) is 5. The van der Waals surface area contributed by atoms with E-state index in [1.165, 1.54) is 16.9 Å². The maximum absolute atomic E-state index is 12.0. The highest BCUT2D eigenvalue weighted by Crippen LogP contribution is 2.37. The molecular weight excluding hydrogens is 315 g/mol. The van der Waals surface area contributed by atoms with Crippen LogP contribution in [0.1, 0.15) is 0 Å². The van der Waals surface area contributed by atoms with E-state index in [1.807, 2.05) is 4.72 Å². The normalized spacial score (nSPS) is 14.8. The van der Waals surface area contributed by atoms with Crippen molar-refractivity contribution < 1.29 is 31.1 Å². The second-order valence-corrected chi connectivity index (χ2v) is 5.62. The Kier molecular flexibility index (Phi) is 4.05. The van der Waals surface area contributed by atoms with Crippen molar-refractivity contribution >= 4 is 21.6 Å². The minimum absolute atomic E-state index is 0.00312. The predicted molar refractivity (Wildman–Crippen MR) is 68.4 cm³/mol. The molecule has 0 atom stereocenters. The number of fused-ring (bicyclic) bond motifs is 1. The molecule has 0 amide bonds. The van der Waals surface area contributed by atoms with Crippen LogP contribution < -0.4 is 24.7 Å². The van der Waals surface area contributed by atoms with E-state index in [0.717, 1.165) is 0 Å². The molecule has 21 heavy (non-hydrogen) atoms. The van der Waals surface area contributed by atoms with Gasteiger partial charge in [0.25, 0.3) is 10.2 Å². The van der Waals surface area contributed by atoms with Gasteiger partial charge in [0.15, 0.2) is 11.5 Å². The molecular formula is C10H12F3N3O4S. The zero-order valence-electron chi connectivity index (χ0n) is 10.5. The van der Waals surface area contributed by atoms with Gasteiger partial charge in [0.2, 0.25) is 0 Å². The Bertz CT molecular complexity index is 633. The van der Waals surface area contributed by atoms with Gasteiger partial charge in [-0.3, -0.25) is 4.72 Å². The van der Waals surface area contributed by atoms with Crippen LogP contribution in [-0.2, 0) is 10.2 Å². The molecule has 0 saturated carbocycles. The number of nitrogens with one attached hydrogen (secondary N) is 2. The third-order valence-corrected chi connectivity index (χ3v) is 3.43. The van der Waals surface area contributed by atoms with Crippen molar-refractivity contribution in [2.45, 2.75) is 6.18 Å². The van der Waals surface area contributed by atoms with Crippen LogP contribution in [0.4, 0.5) is 24.5 Å². The van der Waals surface area contributed by atoms with Crippen LogP contribution in [0.2, 0.25) is 0 Å². The second-order valence-electron chi connectivity index (χ2n) is 4.12. The fourth-order valence-electron chi connectivity index (χ4n) is 1.55. The van der Waals surface area contributed by atoms with Gasteiger partial charge in [-0.1, -0.05) is 0 Å². The molecule has 1 aliphatic rings. The fourth-order valence-corrected chi connectivity index (χ4v) is 2.44. The van der Waals surface area contributed by atoms with Gasteiger partial charge in [0.1, 0.15) is 19.8 Å². The van der Waals surface area contributed by atoms with Crippen LogP contribution in [0, 0.1) is 0 Å². The predicted octanol–water partition coefficient (Wildman–Crippen LogP) is 0.849. The first-order valence-corrected chi connectivity index (χ1v) is 7.18. The number of benzene rings is 1. The lowest BCUT2D eigenvalue weighted by molar-refractivity contribution is -0.121. The SMILES string of the molecule is Nc1cc2c(cc1NS(=O)(=O)NCC(F)(F)F)OCCO2. The number of nitrogens with two attached hydrogens (primary N) is 1. The van der Waals surface area contributed by atoms with E-state index in [9.17, 15) is 21.6 Å². The van der Waals surface area contributed by atoms with E-state index in [2.05, 4.69) is 0 Å². The van der Waals surface area contributed by atoms with Crippen molar-refractivity contribution in [3.63, 3.8) is 0 Å². The Labute approximate surface area is 118 Å². The minimum Gasteiger partial charge on any atom is -0.486 e. The third kappa shape index (κ3) is 4.29. The molecule has 11 heteroatoms. The lowest BCUT2D eigenvalue weighted by atomic mass is 10.2. The highest BCUT2D eigenvalue weighted by Gasteiger charge is 2.29. The monoisotopic (exact) mass is 327 g/mol. The number of rotatable bonds is 4. The summed E-state index contributed by atoms with van der Waals surface area (Å²) in [5.41, 5.74) is 5.52. The molecule has 0 aliphatic carbocycles. The molecule has 1 aromatic rings. The average Bonchev–Trinajstić information content (AvgIpc) is 2.36. The van der Waals surface area contributed by atoms with E-state index in [-0.39, 0.29) is 23.7 Å². The lowest BCUT2D eigenvalue weighted by Gasteiger charge is -2.20. The molecule has 2 rings (SSSR count). The van der Waals surface area contributed by atoms with E-state index in [0.29, 0.717) is 12.4 Å². The zero-order valence-corrected chi connectivity index (χ0v) is 11.3. The van der Waals surface area contributed by atoms with Gasteiger partial charge in [-0.05, 0) is 0 Å². The number of hydrogen-bond donors (Lipinski definition) is 3. The fraction of sp³-hybridized carbons (Fsp3) is 0.400. The molecule has 1 aliphatic heterocycles. The molecule has 0 radical (unpaired) electrons. The topological polar surface area (TPSA) is 103 Å². The maximum atomic E-state index is 12.0. The van der Waals surface area contributed by atoms with Gasteiger partial charge in [-0.15, -0.1) is 0 Å². The first kappa shape index (κ1) is 15.5. The molecule has 1 heterocycles. The quantitative estimate of drug-likeness (QED) is 0.712. The van der Waals surface area contributed by atoms with E-state index >= 15 is 0 Å². The maximum Gasteiger partial charge on any atom is 0.402 e. The molecule has 0 fully saturated rings. The van der Waals surface area contributed by atoms with Crippen molar-refractivity contribution in [2.24, 2.45) is 0 Å². The molecule has 1 aromatic carbocycles. The van der Waals surface area contributed by atoms with Crippen LogP contribution in [-0.4, -0.2) is 34.4 Å². The zero-order chi connectivity index (χ0) is 15.7. The number of anilines is 2. The summed E-state index contributed by atoms with van der Waals surface area (Å²) in [6, 6.07) is 2.58. The summed E-state index contributed by atoms with van der Waals surface area (Å²) in [7, 11) is -4.41. The smallest absolute Gasteiger partial charge is 0.402 e. The summed E-state index contributed by atoms with van der Waals surface area (Å²) in [5.74, 6) is 0.592. The van der Waals surface area contributed by atoms with Crippen molar-refractivity contribution in [3.8, 4) is 11.5 Å². The Hall–Kier alpha value is -1.88. The summed E-state index contributed by atoms with van der Waals surface area (Å²) < 4.78 is 72.8. The molecule has 7 nitrogen and oxygen atoms in total. The van der Waals surface area contributed by atoms with Gasteiger partial charge in [0, 0.05) is 12.1 Å². The first-order valence-electron chi connectivity index (χ1n) is 5.69. The average molecular weight is 327 g/mol. The Morgan fingerprint density at radius 2 is 1.76 bits per heavy atom.